The molecule has 0 aliphatic carbocycles. The Hall–Kier alpha value is -3.15. The van der Waals surface area contributed by atoms with E-state index in [2.05, 4.69) is 21.9 Å². The van der Waals surface area contributed by atoms with Crippen LogP contribution in [0.1, 0.15) is 11.1 Å². The van der Waals surface area contributed by atoms with Crippen LogP contribution in [0.25, 0.3) is 0 Å². The van der Waals surface area contributed by atoms with E-state index >= 15 is 0 Å². The fourth-order valence-electron chi connectivity index (χ4n) is 1.76. The van der Waals surface area contributed by atoms with Crippen molar-refractivity contribution in [1.82, 2.24) is 0 Å². The molecule has 6 heteroatoms. The van der Waals surface area contributed by atoms with E-state index in [1.54, 1.807) is 24.3 Å². The fraction of sp³-hybridized carbons (Fsp3) is 0. The van der Waals surface area contributed by atoms with Crippen molar-refractivity contribution in [1.29, 1.82) is 0 Å². The van der Waals surface area contributed by atoms with E-state index in [-0.39, 0.29) is 5.84 Å². The molecule has 0 fully saturated rings. The Kier molecular flexibility index (Phi) is 4.30. The van der Waals surface area contributed by atoms with Gasteiger partial charge in [-0.05, 0) is 31.0 Å². The Bertz CT molecular complexity index is 718. The summed E-state index contributed by atoms with van der Waals surface area (Å²) in [6.07, 6.45) is 0. The fourth-order valence-corrected chi connectivity index (χ4v) is 1.76. The highest BCUT2D eigenvalue weighted by atomic mass is 15.3. The highest BCUT2D eigenvalue weighted by Gasteiger charge is 2.06. The average Bonchev–Trinajstić information content (AvgIpc) is 2.49. The third-order valence-corrected chi connectivity index (χ3v) is 2.84. The molecule has 0 aliphatic rings. The summed E-state index contributed by atoms with van der Waals surface area (Å²) in [6.45, 7) is 3.48. The first-order valence-corrected chi connectivity index (χ1v) is 6.21. The van der Waals surface area contributed by atoms with Crippen molar-refractivity contribution < 1.29 is 0 Å². The maximum atomic E-state index is 5.88. The normalized spacial score (nSPS) is 12.2. The number of rotatable bonds is 3. The number of aliphatic imine (C=N–C) groups is 1. The number of nitrogen functional groups attached to an aromatic ring is 2. The van der Waals surface area contributed by atoms with Crippen molar-refractivity contribution in [2.75, 3.05) is 11.5 Å². The maximum Gasteiger partial charge on any atom is 0.183 e. The summed E-state index contributed by atoms with van der Waals surface area (Å²) in [5.41, 5.74) is 19.9. The van der Waals surface area contributed by atoms with Crippen LogP contribution in [-0.4, -0.2) is 18.4 Å². The summed E-state index contributed by atoms with van der Waals surface area (Å²) in [7, 11) is 0. The van der Waals surface area contributed by atoms with Crippen molar-refractivity contribution in [3.63, 3.8) is 0 Å². The zero-order valence-electron chi connectivity index (χ0n) is 11.4. The number of hydrogen-bond acceptors (Lipinski definition) is 4. The van der Waals surface area contributed by atoms with Gasteiger partial charge < -0.3 is 17.2 Å². The van der Waals surface area contributed by atoms with E-state index in [1.807, 2.05) is 24.3 Å². The predicted octanol–water partition coefficient (Wildman–Crippen LogP) is 1.62. The second-order valence-electron chi connectivity index (χ2n) is 4.24. The summed E-state index contributed by atoms with van der Waals surface area (Å²) in [4.78, 5) is 3.83. The molecule has 106 valence electrons. The third-order valence-electron chi connectivity index (χ3n) is 2.84. The van der Waals surface area contributed by atoms with Gasteiger partial charge in [0.2, 0.25) is 0 Å². The lowest BCUT2D eigenvalue weighted by molar-refractivity contribution is 1.20. The molecule has 0 spiro atoms. The molecule has 0 aromatic heterocycles. The van der Waals surface area contributed by atoms with E-state index in [0.29, 0.717) is 28.3 Å². The molecule has 0 unspecified atom stereocenters. The molecule has 0 atom stereocenters. The summed E-state index contributed by atoms with van der Waals surface area (Å²) in [5, 5.41) is 7.96. The van der Waals surface area contributed by atoms with Gasteiger partial charge in [0.25, 0.3) is 0 Å². The van der Waals surface area contributed by atoms with Gasteiger partial charge in [0.1, 0.15) is 0 Å². The van der Waals surface area contributed by atoms with Crippen molar-refractivity contribution in [2.24, 2.45) is 20.9 Å². The molecule has 21 heavy (non-hydrogen) atoms. The van der Waals surface area contributed by atoms with Gasteiger partial charge in [-0.15, -0.1) is 10.2 Å². The van der Waals surface area contributed by atoms with Gasteiger partial charge in [-0.3, -0.25) is 0 Å². The van der Waals surface area contributed by atoms with Crippen LogP contribution in [0.3, 0.4) is 0 Å². The Morgan fingerprint density at radius 3 is 1.86 bits per heavy atom. The Labute approximate surface area is 122 Å². The minimum Gasteiger partial charge on any atom is -0.398 e. The highest BCUT2D eigenvalue weighted by Crippen LogP contribution is 2.13. The van der Waals surface area contributed by atoms with Crippen LogP contribution < -0.4 is 17.2 Å². The first-order valence-electron chi connectivity index (χ1n) is 6.21. The van der Waals surface area contributed by atoms with Gasteiger partial charge in [0.15, 0.2) is 11.7 Å². The second-order valence-corrected chi connectivity index (χ2v) is 4.24. The monoisotopic (exact) mass is 280 g/mol. The average molecular weight is 280 g/mol. The molecule has 6 nitrogen and oxygen atoms in total. The zero-order chi connectivity index (χ0) is 15.2. The molecule has 0 amide bonds. The Balaban J connectivity index is 2.38. The molecular weight excluding hydrogens is 264 g/mol. The Morgan fingerprint density at radius 1 is 0.810 bits per heavy atom. The first kappa shape index (κ1) is 14.3. The van der Waals surface area contributed by atoms with Crippen molar-refractivity contribution >= 4 is 29.8 Å². The van der Waals surface area contributed by atoms with Crippen molar-refractivity contribution in [3.05, 3.63) is 59.7 Å². The summed E-state index contributed by atoms with van der Waals surface area (Å²) in [5.74, 6) is 0.495. The van der Waals surface area contributed by atoms with Crippen LogP contribution in [0, 0.1) is 0 Å². The van der Waals surface area contributed by atoms with Crippen LogP contribution in [0.15, 0.2) is 63.7 Å². The summed E-state index contributed by atoms with van der Waals surface area (Å²) < 4.78 is 0. The molecule has 0 bridgehead atoms. The van der Waals surface area contributed by atoms with Gasteiger partial charge in [-0.2, -0.15) is 0 Å². The Morgan fingerprint density at radius 2 is 1.33 bits per heavy atom. The van der Waals surface area contributed by atoms with Crippen LogP contribution in [-0.2, 0) is 0 Å². The van der Waals surface area contributed by atoms with E-state index in [0.717, 1.165) is 0 Å². The molecular formula is C15H16N6. The number of hydrogen-bond donors (Lipinski definition) is 3. The second kappa shape index (κ2) is 6.33. The van der Waals surface area contributed by atoms with Gasteiger partial charge >= 0.3 is 0 Å². The van der Waals surface area contributed by atoms with Crippen LogP contribution in [0.2, 0.25) is 0 Å². The quantitative estimate of drug-likeness (QED) is 0.343. The van der Waals surface area contributed by atoms with E-state index < -0.39 is 0 Å². The molecule has 2 aromatic carbocycles. The maximum absolute atomic E-state index is 5.88. The lowest BCUT2D eigenvalue weighted by Gasteiger charge is -2.04. The van der Waals surface area contributed by atoms with Gasteiger partial charge in [-0.1, -0.05) is 24.3 Å². The van der Waals surface area contributed by atoms with Crippen LogP contribution in [0.4, 0.5) is 11.4 Å². The number of benzene rings is 2. The van der Waals surface area contributed by atoms with E-state index in [1.165, 1.54) is 0 Å². The molecule has 0 saturated carbocycles. The van der Waals surface area contributed by atoms with Crippen molar-refractivity contribution in [2.45, 2.75) is 0 Å². The minimum absolute atomic E-state index is 0.198. The van der Waals surface area contributed by atoms with Crippen LogP contribution in [0.5, 0.6) is 0 Å². The zero-order valence-corrected chi connectivity index (χ0v) is 11.4. The number of para-hydroxylation sites is 2. The standard InChI is InChI=1S/C15H16N6/c1-19-15(11-7-3-5-9-13(11)17)21-20-14(18)10-6-2-4-8-12(10)16/h2-9H,1,16-17H2,(H2,18,20)/b21-15-. The van der Waals surface area contributed by atoms with E-state index in [4.69, 9.17) is 17.2 Å². The lowest BCUT2D eigenvalue weighted by Crippen LogP contribution is -2.15. The number of nitrogens with two attached hydrogens (primary N) is 3. The predicted molar refractivity (Wildman–Crippen MR) is 88.5 cm³/mol. The molecule has 0 radical (unpaired) electrons. The molecule has 2 rings (SSSR count). The van der Waals surface area contributed by atoms with E-state index in [9.17, 15) is 0 Å². The summed E-state index contributed by atoms with van der Waals surface area (Å²) >= 11 is 0. The third kappa shape index (κ3) is 3.24. The van der Waals surface area contributed by atoms with Gasteiger partial charge in [-0.25, -0.2) is 4.99 Å². The smallest absolute Gasteiger partial charge is 0.183 e. The lowest BCUT2D eigenvalue weighted by atomic mass is 10.1. The number of nitrogens with zero attached hydrogens (tertiary/aromatic N) is 3. The van der Waals surface area contributed by atoms with Crippen LogP contribution >= 0.6 is 0 Å². The minimum atomic E-state index is 0.198. The molecule has 2 aromatic rings. The molecule has 6 N–H and O–H groups in total. The number of anilines is 2. The SMILES string of the molecule is C=N/C(=N\N=C(/N)c1ccccc1N)c1ccccc1N. The molecule has 0 heterocycles. The molecule has 0 saturated heterocycles. The van der Waals surface area contributed by atoms with Crippen molar-refractivity contribution in [3.8, 4) is 0 Å². The highest BCUT2D eigenvalue weighted by molar-refractivity contribution is 6.06. The molecule has 0 aliphatic heterocycles. The van der Waals surface area contributed by atoms with Gasteiger partial charge in [0, 0.05) is 22.5 Å². The topological polar surface area (TPSA) is 115 Å². The first-order chi connectivity index (χ1) is 10.1. The number of amidine groups is 2. The largest absolute Gasteiger partial charge is 0.398 e. The van der Waals surface area contributed by atoms with Gasteiger partial charge in [0.05, 0.1) is 0 Å². The summed E-state index contributed by atoms with van der Waals surface area (Å²) in [6, 6.07) is 14.3.